The molecule has 0 atom stereocenters. The Morgan fingerprint density at radius 3 is 2.50 bits per heavy atom. The van der Waals surface area contributed by atoms with Crippen LogP contribution in [0.15, 0.2) is 67.0 Å². The lowest BCUT2D eigenvalue weighted by Gasteiger charge is -2.29. The molecule has 1 N–H and O–H groups in total. The molecule has 5 rings (SSSR count). The summed E-state index contributed by atoms with van der Waals surface area (Å²) in [6, 6.07) is 12.4. The summed E-state index contributed by atoms with van der Waals surface area (Å²) < 4.78 is 45.4. The maximum absolute atomic E-state index is 13.3. The van der Waals surface area contributed by atoms with Gasteiger partial charge in [-0.2, -0.15) is 23.1 Å². The van der Waals surface area contributed by atoms with Crippen molar-refractivity contribution in [3.8, 4) is 11.4 Å². The van der Waals surface area contributed by atoms with Gasteiger partial charge in [0.1, 0.15) is 5.60 Å². The van der Waals surface area contributed by atoms with Crippen molar-refractivity contribution >= 4 is 34.1 Å². The summed E-state index contributed by atoms with van der Waals surface area (Å²) in [6.07, 6.45) is 0.827. The van der Waals surface area contributed by atoms with Crippen LogP contribution in [-0.4, -0.2) is 49.6 Å². The molecule has 0 unspecified atom stereocenters. The molecule has 1 amide bonds. The molecule has 4 aromatic rings. The van der Waals surface area contributed by atoms with E-state index >= 15 is 0 Å². The van der Waals surface area contributed by atoms with Gasteiger partial charge in [0.05, 0.1) is 5.56 Å². The molecule has 3 heterocycles. The Morgan fingerprint density at radius 1 is 1.00 bits per heavy atom. The van der Waals surface area contributed by atoms with Crippen LogP contribution in [0.2, 0.25) is 0 Å². The van der Waals surface area contributed by atoms with Crippen LogP contribution < -0.4 is 5.32 Å². The molecular formula is C29H27F3N6O2. The number of hydrogen-bond donors (Lipinski definition) is 1. The number of alkyl halides is 3. The molecule has 1 aliphatic heterocycles. The molecule has 0 bridgehead atoms. The number of rotatable bonds is 4. The van der Waals surface area contributed by atoms with Crippen LogP contribution in [0.3, 0.4) is 0 Å². The van der Waals surface area contributed by atoms with Gasteiger partial charge >= 0.3 is 12.3 Å². The summed E-state index contributed by atoms with van der Waals surface area (Å²) in [6.45, 7) is 6.14. The minimum Gasteiger partial charge on any atom is -0.444 e. The summed E-state index contributed by atoms with van der Waals surface area (Å²) in [4.78, 5) is 32.1. The smallest absolute Gasteiger partial charge is 0.416 e. The zero-order valence-corrected chi connectivity index (χ0v) is 22.2. The van der Waals surface area contributed by atoms with Crippen LogP contribution in [0.5, 0.6) is 0 Å². The van der Waals surface area contributed by atoms with Crippen molar-refractivity contribution in [1.82, 2.24) is 24.8 Å². The van der Waals surface area contributed by atoms with E-state index in [4.69, 9.17) is 9.72 Å². The Kier molecular flexibility index (Phi) is 7.14. The molecule has 0 spiro atoms. The number of hydrogen-bond acceptors (Lipinski definition) is 7. The number of carbonyl (C=O) groups excluding carboxylic acids is 1. The highest BCUT2D eigenvalue weighted by Gasteiger charge is 2.30. The number of ether oxygens (including phenoxy) is 1. The highest BCUT2D eigenvalue weighted by molar-refractivity contribution is 5.94. The summed E-state index contributed by atoms with van der Waals surface area (Å²) in [5, 5.41) is 4.68. The van der Waals surface area contributed by atoms with Crippen LogP contribution in [0.25, 0.3) is 27.7 Å². The minimum absolute atomic E-state index is 0.0980. The molecule has 11 heteroatoms. The lowest BCUT2D eigenvalue weighted by Crippen LogP contribution is -2.39. The molecule has 40 heavy (non-hydrogen) atoms. The van der Waals surface area contributed by atoms with Crippen molar-refractivity contribution in [3.63, 3.8) is 0 Å². The molecule has 0 aliphatic carbocycles. The number of fused-ring (bicyclic) bond motifs is 1. The molecule has 0 fully saturated rings. The average Bonchev–Trinajstić information content (AvgIpc) is 2.91. The van der Waals surface area contributed by atoms with Gasteiger partial charge in [-0.25, -0.2) is 9.78 Å². The largest absolute Gasteiger partial charge is 0.444 e. The number of nitrogens with one attached hydrogen (secondary N) is 1. The van der Waals surface area contributed by atoms with Gasteiger partial charge in [-0.3, -0.25) is 4.98 Å². The second kappa shape index (κ2) is 10.6. The number of carbonyl (C=O) groups is 1. The van der Waals surface area contributed by atoms with E-state index in [0.29, 0.717) is 31.2 Å². The number of benzene rings is 2. The standard InChI is InChI=1S/C29H27F3N6O2/c1-28(2,3)40-27(39)38-14-11-18(12-15-38)24-35-25(23-9-4-6-19-17-33-13-10-22(19)23)37-26(36-24)34-21-8-5-7-20(16-21)29(30,31)32/h4-11,13,16-17H,12,14-15H2,1-3H3,(H,34,35,36,37). The quantitative estimate of drug-likeness (QED) is 0.297. The van der Waals surface area contributed by atoms with Gasteiger partial charge in [-0.15, -0.1) is 0 Å². The highest BCUT2D eigenvalue weighted by atomic mass is 19.4. The Balaban J connectivity index is 1.53. The second-order valence-corrected chi connectivity index (χ2v) is 10.3. The van der Waals surface area contributed by atoms with Crippen LogP contribution >= 0.6 is 0 Å². The summed E-state index contributed by atoms with van der Waals surface area (Å²) in [5.41, 5.74) is 0.307. The zero-order chi connectivity index (χ0) is 28.5. The maximum atomic E-state index is 13.3. The SMILES string of the molecule is CC(C)(C)OC(=O)N1CC=C(c2nc(Nc3cccc(C(F)(F)F)c3)nc(-c3cccc4cnccc34)n2)CC1. The van der Waals surface area contributed by atoms with Crippen molar-refractivity contribution in [2.75, 3.05) is 18.4 Å². The van der Waals surface area contributed by atoms with E-state index in [0.717, 1.165) is 34.0 Å². The van der Waals surface area contributed by atoms with Crippen molar-refractivity contribution in [3.05, 3.63) is 78.4 Å². The Morgan fingerprint density at radius 2 is 1.77 bits per heavy atom. The maximum Gasteiger partial charge on any atom is 0.416 e. The fourth-order valence-corrected chi connectivity index (χ4v) is 4.28. The third-order valence-electron chi connectivity index (χ3n) is 6.15. The Hall–Kier alpha value is -4.54. The zero-order valence-electron chi connectivity index (χ0n) is 22.2. The third-order valence-corrected chi connectivity index (χ3v) is 6.15. The molecule has 0 radical (unpaired) electrons. The third kappa shape index (κ3) is 6.19. The van der Waals surface area contributed by atoms with Crippen LogP contribution in [0.4, 0.5) is 29.6 Å². The molecule has 2 aromatic heterocycles. The van der Waals surface area contributed by atoms with Crippen LogP contribution in [-0.2, 0) is 10.9 Å². The number of amides is 1. The molecule has 8 nitrogen and oxygen atoms in total. The minimum atomic E-state index is -4.49. The van der Waals surface area contributed by atoms with Crippen molar-refractivity contribution in [2.45, 2.75) is 39.0 Å². The lowest BCUT2D eigenvalue weighted by atomic mass is 10.1. The lowest BCUT2D eigenvalue weighted by molar-refractivity contribution is -0.137. The summed E-state index contributed by atoms with van der Waals surface area (Å²) in [5.74, 6) is 0.821. The normalized spacial score (nSPS) is 14.2. The van der Waals surface area contributed by atoms with E-state index in [1.54, 1.807) is 17.3 Å². The average molecular weight is 549 g/mol. The van der Waals surface area contributed by atoms with Gasteiger partial charge in [0.15, 0.2) is 11.6 Å². The van der Waals surface area contributed by atoms with E-state index in [1.165, 1.54) is 12.1 Å². The molecule has 0 saturated heterocycles. The molecule has 0 saturated carbocycles. The summed E-state index contributed by atoms with van der Waals surface area (Å²) >= 11 is 0. The Labute approximate surface area is 229 Å². The number of pyridine rings is 1. The fourth-order valence-electron chi connectivity index (χ4n) is 4.28. The van der Waals surface area contributed by atoms with Crippen LogP contribution in [0, 0.1) is 0 Å². The first kappa shape index (κ1) is 27.0. The van der Waals surface area contributed by atoms with Crippen molar-refractivity contribution in [2.24, 2.45) is 0 Å². The van der Waals surface area contributed by atoms with Gasteiger partial charge in [0, 0.05) is 42.1 Å². The predicted octanol–water partition coefficient (Wildman–Crippen LogP) is 6.87. The van der Waals surface area contributed by atoms with E-state index in [-0.39, 0.29) is 11.6 Å². The van der Waals surface area contributed by atoms with Gasteiger partial charge in [-0.05, 0) is 62.4 Å². The first-order valence-electron chi connectivity index (χ1n) is 12.7. The topological polar surface area (TPSA) is 93.1 Å². The van der Waals surface area contributed by atoms with Gasteiger partial charge < -0.3 is 15.0 Å². The highest BCUT2D eigenvalue weighted by Crippen LogP contribution is 2.32. The molecule has 206 valence electrons. The first-order chi connectivity index (χ1) is 19.0. The number of halogens is 3. The number of anilines is 2. The second-order valence-electron chi connectivity index (χ2n) is 10.3. The first-order valence-corrected chi connectivity index (χ1v) is 12.7. The monoisotopic (exact) mass is 548 g/mol. The van der Waals surface area contributed by atoms with E-state index in [2.05, 4.69) is 20.3 Å². The van der Waals surface area contributed by atoms with Crippen molar-refractivity contribution < 1.29 is 22.7 Å². The van der Waals surface area contributed by atoms with E-state index < -0.39 is 23.4 Å². The van der Waals surface area contributed by atoms with Gasteiger partial charge in [0.25, 0.3) is 0 Å². The predicted molar refractivity (Wildman–Crippen MR) is 146 cm³/mol. The van der Waals surface area contributed by atoms with E-state index in [1.807, 2.05) is 51.1 Å². The van der Waals surface area contributed by atoms with E-state index in [9.17, 15) is 18.0 Å². The van der Waals surface area contributed by atoms with Crippen molar-refractivity contribution in [1.29, 1.82) is 0 Å². The fraction of sp³-hybridized carbons (Fsp3) is 0.276. The molecule has 1 aliphatic rings. The number of nitrogens with zero attached hydrogens (tertiary/aromatic N) is 5. The molecular weight excluding hydrogens is 521 g/mol. The summed E-state index contributed by atoms with van der Waals surface area (Å²) in [7, 11) is 0. The Bertz CT molecular complexity index is 1590. The molecule has 2 aromatic carbocycles. The van der Waals surface area contributed by atoms with Gasteiger partial charge in [0.2, 0.25) is 5.95 Å². The van der Waals surface area contributed by atoms with Crippen LogP contribution in [0.1, 0.15) is 38.6 Å². The van der Waals surface area contributed by atoms with Gasteiger partial charge in [-0.1, -0.05) is 30.3 Å². The number of aromatic nitrogens is 4.